The molecule has 0 fully saturated rings. The van der Waals surface area contributed by atoms with E-state index in [1.807, 2.05) is 30.3 Å². The summed E-state index contributed by atoms with van der Waals surface area (Å²) in [5.41, 5.74) is 3.00. The number of nitrogens with one attached hydrogen (secondary N) is 1. The highest BCUT2D eigenvalue weighted by Gasteiger charge is 2.20. The third-order valence-corrected chi connectivity index (χ3v) is 4.12. The van der Waals surface area contributed by atoms with Gasteiger partial charge >= 0.3 is 0 Å². The number of benzene rings is 1. The second-order valence-electron chi connectivity index (χ2n) is 5.23. The Kier molecular flexibility index (Phi) is 4.01. The zero-order chi connectivity index (χ0) is 14.8. The van der Waals surface area contributed by atoms with Crippen LogP contribution in [0.1, 0.15) is 28.1 Å². The van der Waals surface area contributed by atoms with E-state index in [0.29, 0.717) is 11.2 Å². The van der Waals surface area contributed by atoms with Gasteiger partial charge in [0.25, 0.3) is 5.91 Å². The van der Waals surface area contributed by atoms with Crippen molar-refractivity contribution in [2.75, 3.05) is 18.9 Å². The Hall–Kier alpha value is -1.75. The number of fused-ring (bicyclic) bond motifs is 1. The van der Waals surface area contributed by atoms with Crippen LogP contribution in [-0.4, -0.2) is 24.4 Å². The minimum Gasteiger partial charge on any atom is -0.452 e. The van der Waals surface area contributed by atoms with E-state index in [1.54, 1.807) is 11.9 Å². The maximum atomic E-state index is 12.7. The Morgan fingerprint density at radius 2 is 2.24 bits per heavy atom. The maximum Gasteiger partial charge on any atom is 0.254 e. The van der Waals surface area contributed by atoms with Crippen molar-refractivity contribution in [3.63, 3.8) is 0 Å². The molecule has 2 aromatic rings. The first-order chi connectivity index (χ1) is 10.1. The molecule has 4 nitrogen and oxygen atoms in total. The lowest BCUT2D eigenvalue weighted by molar-refractivity contribution is 0.0774. The van der Waals surface area contributed by atoms with E-state index in [9.17, 15) is 4.79 Å². The number of furan rings is 1. The van der Waals surface area contributed by atoms with E-state index in [0.717, 1.165) is 42.0 Å². The number of hydrogen-bond acceptors (Lipinski definition) is 3. The van der Waals surface area contributed by atoms with E-state index in [-0.39, 0.29) is 5.91 Å². The fourth-order valence-corrected chi connectivity index (χ4v) is 3.00. The number of amides is 1. The van der Waals surface area contributed by atoms with Crippen LogP contribution in [0.5, 0.6) is 0 Å². The van der Waals surface area contributed by atoms with Gasteiger partial charge in [-0.2, -0.15) is 0 Å². The first-order valence-corrected chi connectivity index (χ1v) is 7.80. The number of rotatable bonds is 3. The standard InChI is InChI=1S/C16H17BrN2O2/c1-19(10-11-7-8-15(17)21-11)16(20)13-4-2-6-14-12(13)5-3-9-18-14/h2,4,6-8,18H,3,5,9-10H2,1H3. The lowest BCUT2D eigenvalue weighted by Gasteiger charge is -2.23. The minimum absolute atomic E-state index is 0.0306. The molecule has 3 rings (SSSR count). The maximum absolute atomic E-state index is 12.7. The Morgan fingerprint density at radius 1 is 1.38 bits per heavy atom. The van der Waals surface area contributed by atoms with Gasteiger partial charge in [-0.3, -0.25) is 4.79 Å². The molecular weight excluding hydrogens is 332 g/mol. The van der Waals surface area contributed by atoms with E-state index < -0.39 is 0 Å². The third-order valence-electron chi connectivity index (χ3n) is 3.69. The Labute approximate surface area is 132 Å². The summed E-state index contributed by atoms with van der Waals surface area (Å²) in [6.07, 6.45) is 2.01. The summed E-state index contributed by atoms with van der Waals surface area (Å²) in [5.74, 6) is 0.795. The van der Waals surface area contributed by atoms with E-state index >= 15 is 0 Å². The van der Waals surface area contributed by atoms with E-state index in [1.165, 1.54) is 0 Å². The Bertz CT molecular complexity index is 666. The molecule has 1 aromatic heterocycles. The highest BCUT2D eigenvalue weighted by Crippen LogP contribution is 2.26. The summed E-state index contributed by atoms with van der Waals surface area (Å²) in [6.45, 7) is 1.43. The van der Waals surface area contributed by atoms with Crippen LogP contribution in [0.2, 0.25) is 0 Å². The monoisotopic (exact) mass is 348 g/mol. The van der Waals surface area contributed by atoms with Crippen molar-refractivity contribution in [1.29, 1.82) is 0 Å². The topological polar surface area (TPSA) is 45.5 Å². The Morgan fingerprint density at radius 3 is 3.00 bits per heavy atom. The average molecular weight is 349 g/mol. The number of hydrogen-bond donors (Lipinski definition) is 1. The molecule has 5 heteroatoms. The summed E-state index contributed by atoms with van der Waals surface area (Å²) in [6, 6.07) is 9.58. The van der Waals surface area contributed by atoms with Crippen LogP contribution in [0.3, 0.4) is 0 Å². The molecule has 110 valence electrons. The molecule has 1 aliphatic rings. The molecule has 1 N–H and O–H groups in total. The van der Waals surface area contributed by atoms with Crippen molar-refractivity contribution in [3.05, 3.63) is 51.9 Å². The molecule has 0 atom stereocenters. The van der Waals surface area contributed by atoms with Gasteiger partial charge in [-0.15, -0.1) is 0 Å². The lowest BCUT2D eigenvalue weighted by Crippen LogP contribution is -2.28. The van der Waals surface area contributed by atoms with Gasteiger partial charge in [0.2, 0.25) is 0 Å². The van der Waals surface area contributed by atoms with Crippen molar-refractivity contribution in [2.24, 2.45) is 0 Å². The highest BCUT2D eigenvalue weighted by molar-refractivity contribution is 9.10. The summed E-state index contributed by atoms with van der Waals surface area (Å²) in [7, 11) is 1.80. The van der Waals surface area contributed by atoms with Crippen LogP contribution in [0.25, 0.3) is 0 Å². The van der Waals surface area contributed by atoms with Gasteiger partial charge < -0.3 is 14.6 Å². The molecule has 0 saturated heterocycles. The highest BCUT2D eigenvalue weighted by atomic mass is 79.9. The van der Waals surface area contributed by atoms with Crippen LogP contribution >= 0.6 is 15.9 Å². The Balaban J connectivity index is 1.81. The SMILES string of the molecule is CN(Cc1ccc(Br)o1)C(=O)c1cccc2c1CCCN2. The molecule has 1 aromatic carbocycles. The number of carbonyl (C=O) groups excluding carboxylic acids is 1. The van der Waals surface area contributed by atoms with Crippen LogP contribution in [-0.2, 0) is 13.0 Å². The third kappa shape index (κ3) is 2.97. The second kappa shape index (κ2) is 5.93. The average Bonchev–Trinajstić information content (AvgIpc) is 2.91. The van der Waals surface area contributed by atoms with E-state index in [2.05, 4.69) is 21.2 Å². The van der Waals surface area contributed by atoms with E-state index in [4.69, 9.17) is 4.42 Å². The first-order valence-electron chi connectivity index (χ1n) is 7.00. The van der Waals surface area contributed by atoms with Gasteiger partial charge in [0, 0.05) is 24.8 Å². The minimum atomic E-state index is 0.0306. The molecule has 1 aliphatic heterocycles. The number of carbonyl (C=O) groups is 1. The fraction of sp³-hybridized carbons (Fsp3) is 0.312. The number of anilines is 1. The van der Waals surface area contributed by atoms with Crippen molar-refractivity contribution in [2.45, 2.75) is 19.4 Å². The second-order valence-corrected chi connectivity index (χ2v) is 6.01. The largest absolute Gasteiger partial charge is 0.452 e. The summed E-state index contributed by atoms with van der Waals surface area (Å²) in [4.78, 5) is 14.4. The molecule has 0 radical (unpaired) electrons. The summed E-state index contributed by atoms with van der Waals surface area (Å²) < 4.78 is 6.14. The smallest absolute Gasteiger partial charge is 0.254 e. The molecule has 0 aliphatic carbocycles. The molecule has 21 heavy (non-hydrogen) atoms. The van der Waals surface area contributed by atoms with Gasteiger partial charge in [0.15, 0.2) is 4.67 Å². The summed E-state index contributed by atoms with van der Waals surface area (Å²) >= 11 is 3.27. The molecule has 0 saturated carbocycles. The van der Waals surface area contributed by atoms with Crippen LogP contribution in [0.4, 0.5) is 5.69 Å². The molecule has 2 heterocycles. The van der Waals surface area contributed by atoms with Crippen LogP contribution < -0.4 is 5.32 Å². The molecule has 1 amide bonds. The van der Waals surface area contributed by atoms with Gasteiger partial charge in [-0.1, -0.05) is 6.07 Å². The van der Waals surface area contributed by atoms with Crippen molar-refractivity contribution in [1.82, 2.24) is 4.90 Å². The van der Waals surface area contributed by atoms with Crippen molar-refractivity contribution in [3.8, 4) is 0 Å². The fourth-order valence-electron chi connectivity index (χ4n) is 2.66. The zero-order valence-electron chi connectivity index (χ0n) is 11.9. The predicted molar refractivity (Wildman–Crippen MR) is 85.5 cm³/mol. The van der Waals surface area contributed by atoms with Gasteiger partial charge in [-0.05, 0) is 58.6 Å². The zero-order valence-corrected chi connectivity index (χ0v) is 13.4. The quantitative estimate of drug-likeness (QED) is 0.920. The number of halogens is 1. The van der Waals surface area contributed by atoms with Gasteiger partial charge in [-0.25, -0.2) is 0 Å². The van der Waals surface area contributed by atoms with Crippen LogP contribution in [0.15, 0.2) is 39.4 Å². The number of nitrogens with zero attached hydrogens (tertiary/aromatic N) is 1. The van der Waals surface area contributed by atoms with Crippen LogP contribution in [0, 0.1) is 0 Å². The van der Waals surface area contributed by atoms with Crippen molar-refractivity contribution < 1.29 is 9.21 Å². The van der Waals surface area contributed by atoms with Gasteiger partial charge in [0.05, 0.1) is 6.54 Å². The molecule has 0 spiro atoms. The molecule has 0 unspecified atom stereocenters. The molecular formula is C16H17BrN2O2. The molecule has 0 bridgehead atoms. The lowest BCUT2D eigenvalue weighted by atomic mass is 9.97. The summed E-state index contributed by atoms with van der Waals surface area (Å²) in [5, 5.41) is 3.35. The van der Waals surface area contributed by atoms with Gasteiger partial charge in [0.1, 0.15) is 5.76 Å². The predicted octanol–water partition coefficient (Wildman–Crippen LogP) is 3.67. The van der Waals surface area contributed by atoms with Crippen molar-refractivity contribution >= 4 is 27.5 Å². The first kappa shape index (κ1) is 14.2. The normalized spacial score (nSPS) is 13.4.